The molecule has 21 heavy (non-hydrogen) atoms. The number of hydrogen-bond acceptors (Lipinski definition) is 5. The van der Waals surface area contributed by atoms with Crippen molar-refractivity contribution >= 4 is 17.7 Å². The van der Waals surface area contributed by atoms with E-state index in [0.717, 1.165) is 5.56 Å². The van der Waals surface area contributed by atoms with Crippen molar-refractivity contribution in [2.24, 2.45) is 0 Å². The SMILES string of the molecule is CN(Cc1ccc(SC(F)F)cc1)C(=O)Cn1cnnn1. The predicted molar refractivity (Wildman–Crippen MR) is 72.6 cm³/mol. The Bertz CT molecular complexity index is 576. The zero-order chi connectivity index (χ0) is 15.2. The van der Waals surface area contributed by atoms with Crippen LogP contribution in [0.25, 0.3) is 0 Å². The predicted octanol–water partition coefficient (Wildman–Crippen LogP) is 1.65. The van der Waals surface area contributed by atoms with E-state index in [4.69, 9.17) is 0 Å². The highest BCUT2D eigenvalue weighted by atomic mass is 32.2. The summed E-state index contributed by atoms with van der Waals surface area (Å²) in [6, 6.07) is 6.69. The number of carbonyl (C=O) groups excluding carboxylic acids is 1. The molecule has 0 saturated heterocycles. The van der Waals surface area contributed by atoms with Crippen LogP contribution in [0.4, 0.5) is 8.78 Å². The number of rotatable bonds is 6. The number of hydrogen-bond donors (Lipinski definition) is 0. The van der Waals surface area contributed by atoms with Crippen molar-refractivity contribution in [1.82, 2.24) is 25.1 Å². The summed E-state index contributed by atoms with van der Waals surface area (Å²) >= 11 is 0.496. The Balaban J connectivity index is 1.89. The quantitative estimate of drug-likeness (QED) is 0.759. The number of halogens is 2. The first-order valence-electron chi connectivity index (χ1n) is 6.03. The van der Waals surface area contributed by atoms with Crippen LogP contribution < -0.4 is 0 Å². The fourth-order valence-corrected chi connectivity index (χ4v) is 2.15. The molecule has 0 unspecified atom stereocenters. The maximum absolute atomic E-state index is 12.2. The number of amides is 1. The van der Waals surface area contributed by atoms with Crippen molar-refractivity contribution in [3.05, 3.63) is 36.2 Å². The number of alkyl halides is 2. The molecule has 0 aliphatic rings. The summed E-state index contributed by atoms with van der Waals surface area (Å²) < 4.78 is 25.8. The monoisotopic (exact) mass is 313 g/mol. The Hall–Kier alpha value is -2.03. The molecule has 0 atom stereocenters. The van der Waals surface area contributed by atoms with E-state index >= 15 is 0 Å². The van der Waals surface area contributed by atoms with Gasteiger partial charge in [0.05, 0.1) is 0 Å². The number of tetrazole rings is 1. The van der Waals surface area contributed by atoms with Gasteiger partial charge in [-0.1, -0.05) is 23.9 Å². The average molecular weight is 313 g/mol. The van der Waals surface area contributed by atoms with Crippen LogP contribution in [-0.4, -0.2) is 43.8 Å². The average Bonchev–Trinajstić information content (AvgIpc) is 2.93. The first-order chi connectivity index (χ1) is 10.0. The standard InChI is InChI=1S/C12H13F2N5OS/c1-18(11(20)7-19-8-15-16-17-19)6-9-2-4-10(5-3-9)21-12(13)14/h2-5,8,12H,6-7H2,1H3. The van der Waals surface area contributed by atoms with Gasteiger partial charge in [-0.15, -0.1) is 5.10 Å². The molecule has 0 N–H and O–H groups in total. The molecule has 9 heteroatoms. The minimum atomic E-state index is -2.43. The molecular formula is C12H13F2N5OS. The molecule has 0 bridgehead atoms. The molecule has 0 radical (unpaired) electrons. The molecule has 2 rings (SSSR count). The summed E-state index contributed by atoms with van der Waals surface area (Å²) in [6.07, 6.45) is 1.36. The van der Waals surface area contributed by atoms with Gasteiger partial charge < -0.3 is 4.90 Å². The fraction of sp³-hybridized carbons (Fsp3) is 0.333. The highest BCUT2D eigenvalue weighted by Gasteiger charge is 2.11. The molecule has 0 aliphatic heterocycles. The minimum Gasteiger partial charge on any atom is -0.340 e. The second kappa shape index (κ2) is 7.11. The van der Waals surface area contributed by atoms with Crippen LogP contribution in [0.5, 0.6) is 0 Å². The normalized spacial score (nSPS) is 10.9. The second-order valence-electron chi connectivity index (χ2n) is 4.28. The second-order valence-corrected chi connectivity index (χ2v) is 5.34. The van der Waals surface area contributed by atoms with E-state index in [9.17, 15) is 13.6 Å². The molecule has 6 nitrogen and oxygen atoms in total. The van der Waals surface area contributed by atoms with Crippen molar-refractivity contribution in [2.75, 3.05) is 7.05 Å². The summed E-state index contributed by atoms with van der Waals surface area (Å²) in [5, 5.41) is 10.5. The Morgan fingerprint density at radius 2 is 2.10 bits per heavy atom. The van der Waals surface area contributed by atoms with Gasteiger partial charge in [0.15, 0.2) is 0 Å². The lowest BCUT2D eigenvalue weighted by Gasteiger charge is -2.17. The first kappa shape index (κ1) is 15.4. The van der Waals surface area contributed by atoms with Crippen LogP contribution in [-0.2, 0) is 17.9 Å². The highest BCUT2D eigenvalue weighted by Crippen LogP contribution is 2.25. The Morgan fingerprint density at radius 1 is 1.38 bits per heavy atom. The van der Waals surface area contributed by atoms with E-state index in [1.165, 1.54) is 15.9 Å². The van der Waals surface area contributed by atoms with Gasteiger partial charge in [-0.2, -0.15) is 8.78 Å². The Labute approximate surface area is 124 Å². The number of carbonyl (C=O) groups is 1. The molecule has 1 amide bonds. The van der Waals surface area contributed by atoms with Gasteiger partial charge in [-0.05, 0) is 28.1 Å². The van der Waals surface area contributed by atoms with Crippen LogP contribution in [0.1, 0.15) is 5.56 Å². The zero-order valence-corrected chi connectivity index (χ0v) is 12.0. The van der Waals surface area contributed by atoms with Crippen LogP contribution in [0, 0.1) is 0 Å². The molecule has 0 aliphatic carbocycles. The van der Waals surface area contributed by atoms with E-state index in [2.05, 4.69) is 15.5 Å². The van der Waals surface area contributed by atoms with Gasteiger partial charge in [0.2, 0.25) is 5.91 Å². The third-order valence-electron chi connectivity index (χ3n) is 2.68. The number of benzene rings is 1. The first-order valence-corrected chi connectivity index (χ1v) is 6.91. The van der Waals surface area contributed by atoms with E-state index < -0.39 is 5.76 Å². The van der Waals surface area contributed by atoms with Crippen LogP contribution in [0.3, 0.4) is 0 Å². The summed E-state index contributed by atoms with van der Waals surface area (Å²) in [5.41, 5.74) is 0.862. The molecule has 0 fully saturated rings. The molecule has 0 spiro atoms. The van der Waals surface area contributed by atoms with Crippen LogP contribution >= 0.6 is 11.8 Å². The number of nitrogens with zero attached hydrogens (tertiary/aromatic N) is 5. The lowest BCUT2D eigenvalue weighted by molar-refractivity contribution is -0.131. The maximum atomic E-state index is 12.2. The van der Waals surface area contributed by atoms with Gasteiger partial charge in [0.25, 0.3) is 5.76 Å². The van der Waals surface area contributed by atoms with E-state index in [1.54, 1.807) is 31.3 Å². The number of thioether (sulfide) groups is 1. The Morgan fingerprint density at radius 3 is 2.67 bits per heavy atom. The Kier molecular flexibility index (Phi) is 5.20. The van der Waals surface area contributed by atoms with E-state index in [-0.39, 0.29) is 12.5 Å². The summed E-state index contributed by atoms with van der Waals surface area (Å²) in [6.45, 7) is 0.448. The summed E-state index contributed by atoms with van der Waals surface area (Å²) in [4.78, 5) is 14.0. The van der Waals surface area contributed by atoms with Gasteiger partial charge >= 0.3 is 0 Å². The molecule has 1 aromatic carbocycles. The van der Waals surface area contributed by atoms with Crippen LogP contribution in [0.2, 0.25) is 0 Å². The van der Waals surface area contributed by atoms with Gasteiger partial charge in [0, 0.05) is 18.5 Å². The molecule has 1 heterocycles. The van der Waals surface area contributed by atoms with Crippen LogP contribution in [0.15, 0.2) is 35.5 Å². The van der Waals surface area contributed by atoms with Crippen molar-refractivity contribution in [3.63, 3.8) is 0 Å². The maximum Gasteiger partial charge on any atom is 0.288 e. The van der Waals surface area contributed by atoms with Gasteiger partial charge in [-0.3, -0.25) is 4.79 Å². The number of likely N-dealkylation sites (N-methyl/N-ethyl adjacent to an activating group) is 1. The fourth-order valence-electron chi connectivity index (χ4n) is 1.65. The molecule has 112 valence electrons. The van der Waals surface area contributed by atoms with Crippen molar-refractivity contribution < 1.29 is 13.6 Å². The van der Waals surface area contributed by atoms with E-state index in [0.29, 0.717) is 23.2 Å². The van der Waals surface area contributed by atoms with Gasteiger partial charge in [-0.25, -0.2) is 4.68 Å². The molecular weight excluding hydrogens is 300 g/mol. The molecule has 1 aromatic heterocycles. The largest absolute Gasteiger partial charge is 0.340 e. The van der Waals surface area contributed by atoms with Crippen molar-refractivity contribution in [1.29, 1.82) is 0 Å². The minimum absolute atomic E-state index is 0.0584. The molecule has 2 aromatic rings. The lowest BCUT2D eigenvalue weighted by Crippen LogP contribution is -2.30. The van der Waals surface area contributed by atoms with Crippen molar-refractivity contribution in [2.45, 2.75) is 23.7 Å². The third-order valence-corrected chi connectivity index (χ3v) is 3.41. The number of aromatic nitrogens is 4. The van der Waals surface area contributed by atoms with Gasteiger partial charge in [0.1, 0.15) is 12.9 Å². The lowest BCUT2D eigenvalue weighted by atomic mass is 10.2. The third kappa shape index (κ3) is 4.78. The smallest absolute Gasteiger partial charge is 0.288 e. The zero-order valence-electron chi connectivity index (χ0n) is 11.2. The van der Waals surface area contributed by atoms with E-state index in [1.807, 2.05) is 0 Å². The highest BCUT2D eigenvalue weighted by molar-refractivity contribution is 7.99. The summed E-state index contributed by atoms with van der Waals surface area (Å²) in [7, 11) is 1.66. The topological polar surface area (TPSA) is 63.9 Å². The molecule has 0 saturated carbocycles. The van der Waals surface area contributed by atoms with Crippen molar-refractivity contribution in [3.8, 4) is 0 Å². The summed E-state index contributed by atoms with van der Waals surface area (Å²) in [5.74, 6) is -2.58.